The fourth-order valence-electron chi connectivity index (χ4n) is 3.98. The molecule has 16 heteroatoms. The molecule has 0 radical (unpaired) electrons. The molecule has 42 heavy (non-hydrogen) atoms. The summed E-state index contributed by atoms with van der Waals surface area (Å²) in [6.07, 6.45) is -8.30. The van der Waals surface area contributed by atoms with Crippen molar-refractivity contribution in [3.05, 3.63) is 79.1 Å². The first kappa shape index (κ1) is 28.3. The maximum absolute atomic E-state index is 12.8. The largest absolute Gasteiger partial charge is 0.573 e. The number of aliphatic imine (C=N–C) groups is 1. The number of anilines is 2. The molecule has 0 unspecified atom stereocenters. The lowest BCUT2D eigenvalue weighted by Gasteiger charge is -2.21. The summed E-state index contributed by atoms with van der Waals surface area (Å²) in [4.78, 5) is 22.2. The Morgan fingerprint density at radius 1 is 0.905 bits per heavy atom. The number of aromatic nitrogens is 3. The Balaban J connectivity index is 1.24. The number of hydrogen-bond donors (Lipinski definition) is 2. The number of amides is 2. The van der Waals surface area contributed by atoms with Crippen LogP contribution in [0.15, 0.2) is 84.1 Å². The summed E-state index contributed by atoms with van der Waals surface area (Å²) in [5.41, 5.74) is 1.50. The van der Waals surface area contributed by atoms with Gasteiger partial charge in [-0.05, 0) is 60.7 Å². The lowest BCUT2D eigenvalue weighted by atomic mass is 10.2. The van der Waals surface area contributed by atoms with E-state index in [-0.39, 0.29) is 23.9 Å². The summed E-state index contributed by atoms with van der Waals surface area (Å²) >= 11 is 0. The minimum Gasteiger partial charge on any atom is -0.406 e. The summed E-state index contributed by atoms with van der Waals surface area (Å²) < 4.78 is 84.9. The number of rotatable bonds is 6. The third-order valence-corrected chi connectivity index (χ3v) is 5.68. The van der Waals surface area contributed by atoms with E-state index in [4.69, 9.17) is 0 Å². The Bertz CT molecular complexity index is 1590. The second-order valence-electron chi connectivity index (χ2n) is 8.59. The van der Waals surface area contributed by atoms with Crippen LogP contribution < -0.4 is 25.0 Å². The van der Waals surface area contributed by atoms with Gasteiger partial charge in [-0.25, -0.2) is 14.5 Å². The topological polar surface area (TPSA) is 106 Å². The molecule has 1 aliphatic rings. The van der Waals surface area contributed by atoms with E-state index < -0.39 is 24.5 Å². The van der Waals surface area contributed by atoms with E-state index in [1.54, 1.807) is 24.3 Å². The van der Waals surface area contributed by atoms with E-state index in [9.17, 15) is 31.1 Å². The number of guanidine groups is 1. The van der Waals surface area contributed by atoms with Crippen LogP contribution in [0.4, 0.5) is 42.5 Å². The zero-order valence-electron chi connectivity index (χ0n) is 21.1. The highest BCUT2D eigenvalue weighted by atomic mass is 19.4. The van der Waals surface area contributed by atoms with Crippen molar-refractivity contribution in [2.45, 2.75) is 12.7 Å². The van der Waals surface area contributed by atoms with E-state index in [1.165, 1.54) is 52.3 Å². The Hall–Kier alpha value is -5.28. The first-order valence-electron chi connectivity index (χ1n) is 12.1. The highest BCUT2D eigenvalue weighted by molar-refractivity contribution is 6.07. The van der Waals surface area contributed by atoms with Crippen molar-refractivity contribution < 1.29 is 40.6 Å². The highest BCUT2D eigenvalue weighted by Gasteiger charge is 2.34. The molecule has 2 N–H and O–H groups in total. The van der Waals surface area contributed by atoms with Crippen molar-refractivity contribution in [1.82, 2.24) is 20.1 Å². The number of halogens is 6. The maximum atomic E-state index is 12.8. The number of alkyl halides is 6. The fourth-order valence-corrected chi connectivity index (χ4v) is 3.98. The zero-order valence-corrected chi connectivity index (χ0v) is 21.1. The molecule has 0 spiro atoms. The van der Waals surface area contributed by atoms with Crippen LogP contribution in [-0.4, -0.2) is 52.6 Å². The number of ether oxygens (including phenoxy) is 2. The van der Waals surface area contributed by atoms with Crippen molar-refractivity contribution in [2.75, 3.05) is 23.3 Å². The molecule has 1 aliphatic heterocycles. The van der Waals surface area contributed by atoms with Crippen molar-refractivity contribution in [3.8, 4) is 28.6 Å². The molecular weight excluding hydrogens is 572 g/mol. The number of carbonyl (C=O) groups is 1. The average Bonchev–Trinajstić information content (AvgIpc) is 3.58. The molecule has 1 aromatic heterocycles. The molecule has 2 heterocycles. The molecule has 1 fully saturated rings. The smallest absolute Gasteiger partial charge is 0.406 e. The van der Waals surface area contributed by atoms with E-state index in [0.29, 0.717) is 29.3 Å². The van der Waals surface area contributed by atoms with Crippen molar-refractivity contribution in [1.29, 1.82) is 0 Å². The third kappa shape index (κ3) is 7.07. The SMILES string of the molecule is O=C(/N=C1\NCCN1c1ccccc1OC(F)(F)F)Nc1ccc(-c2ncn(-c3ccc(OC(F)(F)F)cc3)n2)cc1. The van der Waals surface area contributed by atoms with Crippen LogP contribution in [0.2, 0.25) is 0 Å². The summed E-state index contributed by atoms with van der Waals surface area (Å²) in [6.45, 7) is 0.594. The van der Waals surface area contributed by atoms with E-state index in [2.05, 4.69) is 35.2 Å². The summed E-state index contributed by atoms with van der Waals surface area (Å²) in [7, 11) is 0. The molecule has 0 saturated carbocycles. The first-order chi connectivity index (χ1) is 19.9. The van der Waals surface area contributed by atoms with Gasteiger partial charge in [0.15, 0.2) is 11.6 Å². The summed E-state index contributed by atoms with van der Waals surface area (Å²) in [5, 5.41) is 9.78. The van der Waals surface area contributed by atoms with Crippen molar-refractivity contribution in [2.24, 2.45) is 4.99 Å². The number of para-hydroxylation sites is 2. The van der Waals surface area contributed by atoms with Gasteiger partial charge in [0.05, 0.1) is 11.4 Å². The van der Waals surface area contributed by atoms with Gasteiger partial charge in [0.2, 0.25) is 5.96 Å². The molecule has 1 saturated heterocycles. The van der Waals surface area contributed by atoms with E-state index in [1.807, 2.05) is 0 Å². The van der Waals surface area contributed by atoms with Gasteiger partial charge in [-0.2, -0.15) is 4.99 Å². The quantitative estimate of drug-likeness (QED) is 0.276. The van der Waals surface area contributed by atoms with Gasteiger partial charge in [0.25, 0.3) is 0 Å². The number of hydrogen-bond acceptors (Lipinski definition) is 5. The van der Waals surface area contributed by atoms with Gasteiger partial charge in [-0.3, -0.25) is 0 Å². The molecule has 10 nitrogen and oxygen atoms in total. The number of nitrogens with one attached hydrogen (secondary N) is 2. The zero-order chi connectivity index (χ0) is 29.9. The monoisotopic (exact) mass is 591 g/mol. The van der Waals surface area contributed by atoms with Crippen LogP contribution in [0.1, 0.15) is 0 Å². The second-order valence-corrected chi connectivity index (χ2v) is 8.59. The maximum Gasteiger partial charge on any atom is 0.573 e. The minimum absolute atomic E-state index is 0.0510. The molecule has 5 rings (SSSR count). The van der Waals surface area contributed by atoms with Gasteiger partial charge in [-0.1, -0.05) is 12.1 Å². The van der Waals surface area contributed by atoms with Gasteiger partial charge in [-0.15, -0.1) is 31.4 Å². The third-order valence-electron chi connectivity index (χ3n) is 5.68. The Morgan fingerprint density at radius 3 is 2.29 bits per heavy atom. The Kier molecular flexibility index (Phi) is 7.60. The number of nitrogens with zero attached hydrogens (tertiary/aromatic N) is 5. The van der Waals surface area contributed by atoms with Crippen LogP contribution in [0.25, 0.3) is 17.1 Å². The van der Waals surface area contributed by atoms with Crippen molar-refractivity contribution >= 4 is 23.4 Å². The van der Waals surface area contributed by atoms with Gasteiger partial charge < -0.3 is 25.0 Å². The molecule has 4 aromatic rings. The molecule has 0 aliphatic carbocycles. The molecular formula is C26H19F6N7O3. The Morgan fingerprint density at radius 2 is 1.60 bits per heavy atom. The molecule has 0 atom stereocenters. The summed E-state index contributed by atoms with van der Waals surface area (Å²) in [5.74, 6) is -0.434. The van der Waals surface area contributed by atoms with Crippen LogP contribution >= 0.6 is 0 Å². The van der Waals surface area contributed by atoms with Crippen LogP contribution in [0, 0.1) is 0 Å². The van der Waals surface area contributed by atoms with Crippen LogP contribution in [0.5, 0.6) is 11.5 Å². The van der Waals surface area contributed by atoms with E-state index >= 15 is 0 Å². The normalized spacial score (nSPS) is 14.5. The average molecular weight is 591 g/mol. The lowest BCUT2D eigenvalue weighted by molar-refractivity contribution is -0.275. The molecule has 2 amide bonds. The fraction of sp³-hybridized carbons (Fsp3) is 0.154. The van der Waals surface area contributed by atoms with Crippen LogP contribution in [0.3, 0.4) is 0 Å². The number of carbonyl (C=O) groups excluding carboxylic acids is 1. The molecule has 3 aromatic carbocycles. The standard InChI is InChI=1S/C26H19F6N7O3/c27-25(28,29)41-19-11-9-18(10-12-19)39-15-34-22(37-39)16-5-7-17(8-6-16)35-24(40)36-23-33-13-14-38(23)20-3-1-2-4-21(20)42-26(30,31)32/h1-12,15H,13-14H2,(H2,33,35,36,40). The molecule has 218 valence electrons. The van der Waals surface area contributed by atoms with Gasteiger partial charge >= 0.3 is 18.8 Å². The number of urea groups is 1. The molecule has 0 bridgehead atoms. The highest BCUT2D eigenvalue weighted by Crippen LogP contribution is 2.33. The summed E-state index contributed by atoms with van der Waals surface area (Å²) in [6, 6.07) is 16.3. The lowest BCUT2D eigenvalue weighted by Crippen LogP contribution is -2.32. The Labute approximate surface area is 233 Å². The van der Waals surface area contributed by atoms with Gasteiger partial charge in [0, 0.05) is 24.3 Å². The number of benzene rings is 3. The minimum atomic E-state index is -4.89. The van der Waals surface area contributed by atoms with E-state index in [0.717, 1.165) is 12.1 Å². The van der Waals surface area contributed by atoms with Crippen molar-refractivity contribution in [3.63, 3.8) is 0 Å². The first-order valence-corrected chi connectivity index (χ1v) is 12.1. The van der Waals surface area contributed by atoms with Gasteiger partial charge in [0.1, 0.15) is 12.1 Å². The predicted molar refractivity (Wildman–Crippen MR) is 138 cm³/mol. The van der Waals surface area contributed by atoms with Crippen LogP contribution in [-0.2, 0) is 0 Å². The second kappa shape index (κ2) is 11.3. The predicted octanol–water partition coefficient (Wildman–Crippen LogP) is 5.73.